The normalized spacial score (nSPS) is 10.8. The van der Waals surface area contributed by atoms with Crippen LogP contribution in [0.5, 0.6) is 5.75 Å². The van der Waals surface area contributed by atoms with Gasteiger partial charge < -0.3 is 9.72 Å². The quantitative estimate of drug-likeness (QED) is 0.568. The van der Waals surface area contributed by atoms with Crippen molar-refractivity contribution in [1.82, 2.24) is 9.97 Å². The molecule has 5 nitrogen and oxygen atoms in total. The molecule has 4 rings (SSSR count). The summed E-state index contributed by atoms with van der Waals surface area (Å²) in [6, 6.07) is 17.3. The maximum atomic E-state index is 12.4. The summed E-state index contributed by atoms with van der Waals surface area (Å²) in [5.74, 6) is 0.596. The van der Waals surface area contributed by atoms with Gasteiger partial charge in [-0.25, -0.2) is 4.98 Å². The van der Waals surface area contributed by atoms with Crippen molar-refractivity contribution in [3.05, 3.63) is 65.7 Å². The van der Waals surface area contributed by atoms with Crippen molar-refractivity contribution in [3.63, 3.8) is 0 Å². The number of H-pyrrole nitrogens is 1. The molecule has 0 bridgehead atoms. The lowest BCUT2D eigenvalue weighted by atomic mass is 10.2. The van der Waals surface area contributed by atoms with Crippen LogP contribution < -0.4 is 10.1 Å². The van der Waals surface area contributed by atoms with Crippen LogP contribution in [-0.4, -0.2) is 23.0 Å². The van der Waals surface area contributed by atoms with Crippen molar-refractivity contribution in [2.75, 3.05) is 12.4 Å². The predicted molar refractivity (Wildman–Crippen MR) is 100 cm³/mol. The van der Waals surface area contributed by atoms with Crippen LogP contribution in [0, 0.1) is 0 Å². The molecule has 2 aromatic carbocycles. The van der Waals surface area contributed by atoms with Gasteiger partial charge in [0.15, 0.2) is 5.13 Å². The number of rotatable bonds is 4. The number of hydrogen-bond acceptors (Lipinski definition) is 4. The van der Waals surface area contributed by atoms with Gasteiger partial charge in [-0.2, -0.15) is 0 Å². The van der Waals surface area contributed by atoms with Gasteiger partial charge in [0.2, 0.25) is 0 Å². The third kappa shape index (κ3) is 3.12. The van der Waals surface area contributed by atoms with E-state index in [9.17, 15) is 4.79 Å². The van der Waals surface area contributed by atoms with Gasteiger partial charge in [-0.15, -0.1) is 11.3 Å². The number of fused-ring (bicyclic) bond motifs is 1. The van der Waals surface area contributed by atoms with E-state index in [2.05, 4.69) is 15.3 Å². The lowest BCUT2D eigenvalue weighted by Gasteiger charge is -2.01. The molecule has 0 saturated carbocycles. The van der Waals surface area contributed by atoms with E-state index in [1.165, 1.54) is 11.3 Å². The second kappa shape index (κ2) is 6.41. The Labute approximate surface area is 148 Å². The van der Waals surface area contributed by atoms with E-state index in [0.717, 1.165) is 27.9 Å². The average molecular weight is 349 g/mol. The summed E-state index contributed by atoms with van der Waals surface area (Å²) < 4.78 is 5.16. The van der Waals surface area contributed by atoms with Gasteiger partial charge in [0.25, 0.3) is 5.91 Å². The molecule has 2 heterocycles. The maximum absolute atomic E-state index is 12.4. The number of nitrogens with one attached hydrogen (secondary N) is 2. The molecule has 0 aliphatic heterocycles. The molecular formula is C19H15N3O2S. The summed E-state index contributed by atoms with van der Waals surface area (Å²) in [6.07, 6.45) is 0. The molecule has 0 saturated heterocycles. The minimum Gasteiger partial charge on any atom is -0.497 e. The van der Waals surface area contributed by atoms with Crippen molar-refractivity contribution >= 4 is 33.3 Å². The number of carbonyl (C=O) groups excluding carboxylic acids is 1. The van der Waals surface area contributed by atoms with E-state index in [-0.39, 0.29) is 5.91 Å². The molecule has 0 spiro atoms. The number of hydrogen-bond donors (Lipinski definition) is 2. The van der Waals surface area contributed by atoms with Crippen molar-refractivity contribution in [3.8, 4) is 17.0 Å². The van der Waals surface area contributed by atoms with E-state index < -0.39 is 0 Å². The number of benzene rings is 2. The second-order valence-corrected chi connectivity index (χ2v) is 6.35. The number of amides is 1. The largest absolute Gasteiger partial charge is 0.497 e. The fourth-order valence-corrected chi connectivity index (χ4v) is 3.30. The minimum absolute atomic E-state index is 0.202. The Morgan fingerprint density at radius 2 is 1.96 bits per heavy atom. The lowest BCUT2D eigenvalue weighted by molar-refractivity contribution is 0.102. The fourth-order valence-electron chi connectivity index (χ4n) is 2.59. The number of thiazole rings is 1. The van der Waals surface area contributed by atoms with Gasteiger partial charge in [-0.05, 0) is 36.4 Å². The van der Waals surface area contributed by atoms with Crippen molar-refractivity contribution in [2.24, 2.45) is 0 Å². The van der Waals surface area contributed by atoms with E-state index in [0.29, 0.717) is 10.8 Å². The predicted octanol–water partition coefficient (Wildman–Crippen LogP) is 4.55. The topological polar surface area (TPSA) is 67.0 Å². The van der Waals surface area contributed by atoms with Crippen LogP contribution in [0.2, 0.25) is 0 Å². The van der Waals surface area contributed by atoms with Gasteiger partial charge in [-0.3, -0.25) is 10.1 Å². The third-order valence-corrected chi connectivity index (χ3v) is 4.64. The van der Waals surface area contributed by atoms with Crippen LogP contribution in [0.25, 0.3) is 22.2 Å². The van der Waals surface area contributed by atoms with E-state index in [1.807, 2.05) is 60.0 Å². The summed E-state index contributed by atoms with van der Waals surface area (Å²) in [6.45, 7) is 0. The van der Waals surface area contributed by atoms with E-state index in [4.69, 9.17) is 4.74 Å². The molecular weight excluding hydrogens is 334 g/mol. The molecule has 2 aromatic heterocycles. The van der Waals surface area contributed by atoms with Crippen molar-refractivity contribution in [2.45, 2.75) is 0 Å². The smallest absolute Gasteiger partial charge is 0.273 e. The van der Waals surface area contributed by atoms with Crippen LogP contribution in [0.15, 0.2) is 60.0 Å². The molecule has 1 amide bonds. The highest BCUT2D eigenvalue weighted by Crippen LogP contribution is 2.27. The van der Waals surface area contributed by atoms with Crippen LogP contribution >= 0.6 is 11.3 Å². The first kappa shape index (κ1) is 15.4. The zero-order valence-electron chi connectivity index (χ0n) is 13.4. The molecule has 124 valence electrons. The molecule has 6 heteroatoms. The lowest BCUT2D eigenvalue weighted by Crippen LogP contribution is -2.11. The molecule has 4 aromatic rings. The summed E-state index contributed by atoms with van der Waals surface area (Å²) in [7, 11) is 1.63. The molecule has 2 N–H and O–H groups in total. The molecule has 0 aliphatic rings. The van der Waals surface area contributed by atoms with Crippen molar-refractivity contribution < 1.29 is 9.53 Å². The molecule has 0 atom stereocenters. The first-order chi connectivity index (χ1) is 12.2. The highest BCUT2D eigenvalue weighted by atomic mass is 32.1. The van der Waals surface area contributed by atoms with Crippen LogP contribution in [0.3, 0.4) is 0 Å². The number of para-hydroxylation sites is 1. The second-order valence-electron chi connectivity index (χ2n) is 5.49. The van der Waals surface area contributed by atoms with Crippen LogP contribution in [0.4, 0.5) is 5.13 Å². The molecule has 0 fully saturated rings. The van der Waals surface area contributed by atoms with E-state index in [1.54, 1.807) is 7.11 Å². The zero-order valence-corrected chi connectivity index (χ0v) is 14.3. The van der Waals surface area contributed by atoms with Gasteiger partial charge in [-0.1, -0.05) is 18.2 Å². The Morgan fingerprint density at radius 1 is 1.16 bits per heavy atom. The first-order valence-electron chi connectivity index (χ1n) is 7.72. The van der Waals surface area contributed by atoms with Crippen molar-refractivity contribution in [1.29, 1.82) is 0 Å². The number of aromatic amines is 1. The number of nitrogens with zero attached hydrogens (tertiary/aromatic N) is 1. The average Bonchev–Trinajstić information content (AvgIpc) is 3.28. The molecule has 0 unspecified atom stereocenters. The number of aromatic nitrogens is 2. The van der Waals surface area contributed by atoms with Gasteiger partial charge >= 0.3 is 0 Å². The highest BCUT2D eigenvalue weighted by Gasteiger charge is 2.12. The SMILES string of the molecule is COc1ccc(-c2csc(NC(=O)c3cc4ccccc4[nH]3)n2)cc1. The molecule has 0 aliphatic carbocycles. The monoisotopic (exact) mass is 349 g/mol. The maximum Gasteiger partial charge on any atom is 0.273 e. The highest BCUT2D eigenvalue weighted by molar-refractivity contribution is 7.14. The number of ether oxygens (including phenoxy) is 1. The number of carbonyl (C=O) groups is 1. The molecule has 0 radical (unpaired) electrons. The third-order valence-electron chi connectivity index (χ3n) is 3.89. The Balaban J connectivity index is 1.52. The van der Waals surface area contributed by atoms with Gasteiger partial charge in [0.05, 0.1) is 12.8 Å². The number of anilines is 1. The summed E-state index contributed by atoms with van der Waals surface area (Å²) in [4.78, 5) is 20.0. The van der Waals surface area contributed by atoms with Crippen LogP contribution in [-0.2, 0) is 0 Å². The number of methoxy groups -OCH3 is 1. The molecule has 25 heavy (non-hydrogen) atoms. The van der Waals surface area contributed by atoms with E-state index >= 15 is 0 Å². The summed E-state index contributed by atoms with van der Waals surface area (Å²) in [5.41, 5.74) is 3.25. The standard InChI is InChI=1S/C19H15N3O2S/c1-24-14-8-6-12(7-9-14)17-11-25-19(21-17)22-18(23)16-10-13-4-2-3-5-15(13)20-16/h2-11,20H,1H3,(H,21,22,23). The summed E-state index contributed by atoms with van der Waals surface area (Å²) >= 11 is 1.40. The Hall–Kier alpha value is -3.12. The minimum atomic E-state index is -0.202. The van der Waals surface area contributed by atoms with Gasteiger partial charge in [0.1, 0.15) is 11.4 Å². The first-order valence-corrected chi connectivity index (χ1v) is 8.60. The zero-order chi connectivity index (χ0) is 17.2. The summed E-state index contributed by atoms with van der Waals surface area (Å²) in [5, 5.41) is 6.33. The Kier molecular flexibility index (Phi) is 3.95. The Morgan fingerprint density at radius 3 is 2.72 bits per heavy atom. The Bertz CT molecular complexity index is 1000. The van der Waals surface area contributed by atoms with Gasteiger partial charge in [0, 0.05) is 21.8 Å². The fraction of sp³-hybridized carbons (Fsp3) is 0.0526. The van der Waals surface area contributed by atoms with Crippen LogP contribution in [0.1, 0.15) is 10.5 Å².